The van der Waals surface area contributed by atoms with E-state index in [1.807, 2.05) is 0 Å². The van der Waals surface area contributed by atoms with Gasteiger partial charge < -0.3 is 10.1 Å². The second-order valence-corrected chi connectivity index (χ2v) is 4.72. The summed E-state index contributed by atoms with van der Waals surface area (Å²) in [5, 5.41) is 22.7. The first-order chi connectivity index (χ1) is 9.52. The molecule has 0 spiro atoms. The Morgan fingerprint density at radius 3 is 2.60 bits per heavy atom. The van der Waals surface area contributed by atoms with E-state index in [2.05, 4.69) is 5.16 Å². The standard InChI is InChI=1S/C13H15N3O4/c1-9-2-3-10(8-12(9)16(19)20)13(17)15-6-4-11(14-18)5-7-15/h2-3,8,18H,4-7H2,1H3. The monoisotopic (exact) mass is 277 g/mol. The fourth-order valence-corrected chi connectivity index (χ4v) is 2.19. The van der Waals surface area contributed by atoms with Crippen LogP contribution >= 0.6 is 0 Å². The molecule has 1 heterocycles. The van der Waals surface area contributed by atoms with Gasteiger partial charge in [0, 0.05) is 43.1 Å². The molecule has 0 bridgehead atoms. The molecule has 0 aliphatic carbocycles. The molecule has 0 unspecified atom stereocenters. The van der Waals surface area contributed by atoms with Gasteiger partial charge in [0.25, 0.3) is 11.6 Å². The zero-order chi connectivity index (χ0) is 14.7. The topological polar surface area (TPSA) is 96.0 Å². The van der Waals surface area contributed by atoms with Gasteiger partial charge >= 0.3 is 0 Å². The summed E-state index contributed by atoms with van der Waals surface area (Å²) in [5.41, 5.74) is 1.46. The highest BCUT2D eigenvalue weighted by Gasteiger charge is 2.23. The molecule has 0 radical (unpaired) electrons. The molecule has 0 aromatic heterocycles. The molecular formula is C13H15N3O4. The van der Waals surface area contributed by atoms with Crippen molar-refractivity contribution in [3.05, 3.63) is 39.4 Å². The molecule has 0 saturated carbocycles. The highest BCUT2D eigenvalue weighted by atomic mass is 16.6. The van der Waals surface area contributed by atoms with Crippen LogP contribution in [0.1, 0.15) is 28.8 Å². The van der Waals surface area contributed by atoms with E-state index >= 15 is 0 Å². The van der Waals surface area contributed by atoms with Gasteiger partial charge in [-0.2, -0.15) is 0 Å². The van der Waals surface area contributed by atoms with Crippen molar-refractivity contribution in [3.63, 3.8) is 0 Å². The van der Waals surface area contributed by atoms with E-state index in [4.69, 9.17) is 5.21 Å². The number of nitrogens with zero attached hydrogens (tertiary/aromatic N) is 3. The van der Waals surface area contributed by atoms with Crippen molar-refractivity contribution in [2.45, 2.75) is 19.8 Å². The zero-order valence-electron chi connectivity index (χ0n) is 11.1. The van der Waals surface area contributed by atoms with Crippen molar-refractivity contribution in [2.75, 3.05) is 13.1 Å². The van der Waals surface area contributed by atoms with Crippen LogP contribution in [0.2, 0.25) is 0 Å². The molecule has 7 nitrogen and oxygen atoms in total. The third-order valence-electron chi connectivity index (χ3n) is 3.42. The molecule has 0 atom stereocenters. The number of piperidine rings is 1. The van der Waals surface area contributed by atoms with Crippen LogP contribution in [-0.2, 0) is 0 Å². The molecule has 1 amide bonds. The first kappa shape index (κ1) is 14.0. The van der Waals surface area contributed by atoms with E-state index in [0.717, 1.165) is 0 Å². The Hall–Kier alpha value is -2.44. The SMILES string of the molecule is Cc1ccc(C(=O)N2CCC(=NO)CC2)cc1[N+](=O)[O-]. The van der Waals surface area contributed by atoms with Gasteiger partial charge in [-0.25, -0.2) is 0 Å². The molecule has 20 heavy (non-hydrogen) atoms. The number of aryl methyl sites for hydroxylation is 1. The summed E-state index contributed by atoms with van der Waals surface area (Å²) in [4.78, 5) is 24.3. The summed E-state index contributed by atoms with van der Waals surface area (Å²) in [6.45, 7) is 2.55. The van der Waals surface area contributed by atoms with Gasteiger partial charge in [0.2, 0.25) is 0 Å². The Balaban J connectivity index is 2.18. The van der Waals surface area contributed by atoms with Crippen LogP contribution < -0.4 is 0 Å². The number of nitro benzene ring substituents is 1. The van der Waals surface area contributed by atoms with E-state index in [1.165, 1.54) is 6.07 Å². The first-order valence-electron chi connectivity index (χ1n) is 6.27. The lowest BCUT2D eigenvalue weighted by Gasteiger charge is -2.27. The Labute approximate surface area is 115 Å². The van der Waals surface area contributed by atoms with Crippen LogP contribution in [0.5, 0.6) is 0 Å². The Kier molecular flexibility index (Phi) is 3.97. The van der Waals surface area contributed by atoms with Crippen molar-refractivity contribution in [1.82, 2.24) is 4.90 Å². The number of likely N-dealkylation sites (tertiary alicyclic amines) is 1. The molecule has 1 fully saturated rings. The number of oxime groups is 1. The number of hydrogen-bond acceptors (Lipinski definition) is 5. The predicted molar refractivity (Wildman–Crippen MR) is 72.2 cm³/mol. The van der Waals surface area contributed by atoms with Gasteiger partial charge in [-0.15, -0.1) is 0 Å². The highest BCUT2D eigenvalue weighted by Crippen LogP contribution is 2.21. The maximum absolute atomic E-state index is 12.3. The molecule has 106 valence electrons. The van der Waals surface area contributed by atoms with Crippen molar-refractivity contribution in [2.24, 2.45) is 5.16 Å². The number of hydrogen-bond donors (Lipinski definition) is 1. The number of carbonyl (C=O) groups is 1. The zero-order valence-corrected chi connectivity index (χ0v) is 11.1. The summed E-state index contributed by atoms with van der Waals surface area (Å²) in [7, 11) is 0. The number of rotatable bonds is 2. The third-order valence-corrected chi connectivity index (χ3v) is 3.42. The average Bonchev–Trinajstić information content (AvgIpc) is 2.47. The molecule has 1 aliphatic heterocycles. The summed E-state index contributed by atoms with van der Waals surface area (Å²) in [6.07, 6.45) is 1.05. The van der Waals surface area contributed by atoms with Crippen molar-refractivity contribution in [1.29, 1.82) is 0 Å². The van der Waals surface area contributed by atoms with Crippen LogP contribution in [-0.4, -0.2) is 39.7 Å². The molecular weight excluding hydrogens is 262 g/mol. The van der Waals surface area contributed by atoms with Crippen LogP contribution in [0, 0.1) is 17.0 Å². The second kappa shape index (κ2) is 5.68. The van der Waals surface area contributed by atoms with E-state index < -0.39 is 4.92 Å². The van der Waals surface area contributed by atoms with Crippen molar-refractivity contribution >= 4 is 17.3 Å². The fourth-order valence-electron chi connectivity index (χ4n) is 2.19. The second-order valence-electron chi connectivity index (χ2n) is 4.72. The normalized spacial score (nSPS) is 15.1. The minimum atomic E-state index is -0.487. The largest absolute Gasteiger partial charge is 0.411 e. The summed E-state index contributed by atoms with van der Waals surface area (Å²) < 4.78 is 0. The van der Waals surface area contributed by atoms with Gasteiger partial charge in [-0.3, -0.25) is 14.9 Å². The number of amides is 1. The van der Waals surface area contributed by atoms with E-state index in [9.17, 15) is 14.9 Å². The predicted octanol–water partition coefficient (Wildman–Crippen LogP) is 1.97. The molecule has 2 rings (SSSR count). The minimum Gasteiger partial charge on any atom is -0.411 e. The molecule has 1 saturated heterocycles. The number of nitro groups is 1. The average molecular weight is 277 g/mol. The van der Waals surface area contributed by atoms with Gasteiger partial charge in [-0.1, -0.05) is 11.2 Å². The molecule has 1 aromatic rings. The van der Waals surface area contributed by atoms with E-state index in [1.54, 1.807) is 24.0 Å². The quantitative estimate of drug-likeness (QED) is 0.507. The molecule has 1 N–H and O–H groups in total. The van der Waals surface area contributed by atoms with Gasteiger partial charge in [0.15, 0.2) is 0 Å². The number of benzene rings is 1. The Bertz CT molecular complexity index is 573. The van der Waals surface area contributed by atoms with Gasteiger partial charge in [0.05, 0.1) is 10.6 Å². The molecule has 7 heteroatoms. The fraction of sp³-hybridized carbons (Fsp3) is 0.385. The van der Waals surface area contributed by atoms with Crippen LogP contribution in [0.3, 0.4) is 0 Å². The molecule has 1 aliphatic rings. The van der Waals surface area contributed by atoms with Crippen LogP contribution in [0.4, 0.5) is 5.69 Å². The maximum Gasteiger partial charge on any atom is 0.273 e. The number of carbonyl (C=O) groups excluding carboxylic acids is 1. The van der Waals surface area contributed by atoms with Crippen LogP contribution in [0.15, 0.2) is 23.4 Å². The van der Waals surface area contributed by atoms with E-state index in [0.29, 0.717) is 42.8 Å². The van der Waals surface area contributed by atoms with Crippen molar-refractivity contribution in [3.8, 4) is 0 Å². The van der Waals surface area contributed by atoms with Crippen molar-refractivity contribution < 1.29 is 14.9 Å². The van der Waals surface area contributed by atoms with Gasteiger partial charge in [0.1, 0.15) is 0 Å². The Morgan fingerprint density at radius 1 is 1.40 bits per heavy atom. The summed E-state index contributed by atoms with van der Waals surface area (Å²) in [6, 6.07) is 4.49. The third kappa shape index (κ3) is 2.76. The van der Waals surface area contributed by atoms with E-state index in [-0.39, 0.29) is 11.6 Å². The highest BCUT2D eigenvalue weighted by molar-refractivity contribution is 5.96. The minimum absolute atomic E-state index is 0.0505. The molecule has 1 aromatic carbocycles. The summed E-state index contributed by atoms with van der Waals surface area (Å²) >= 11 is 0. The first-order valence-corrected chi connectivity index (χ1v) is 6.27. The lowest BCUT2D eigenvalue weighted by molar-refractivity contribution is -0.385. The Morgan fingerprint density at radius 2 is 2.05 bits per heavy atom. The summed E-state index contributed by atoms with van der Waals surface area (Å²) in [5.74, 6) is -0.231. The lowest BCUT2D eigenvalue weighted by atomic mass is 10.1. The smallest absolute Gasteiger partial charge is 0.273 e. The maximum atomic E-state index is 12.3. The van der Waals surface area contributed by atoms with Gasteiger partial charge in [-0.05, 0) is 13.0 Å². The lowest BCUT2D eigenvalue weighted by Crippen LogP contribution is -2.38. The van der Waals surface area contributed by atoms with Crippen LogP contribution in [0.25, 0.3) is 0 Å².